The van der Waals surface area contributed by atoms with Crippen LogP contribution in [0.5, 0.6) is 11.5 Å². The lowest BCUT2D eigenvalue weighted by Gasteiger charge is -2.11. The molecule has 5 nitrogen and oxygen atoms in total. The van der Waals surface area contributed by atoms with Crippen molar-refractivity contribution in [2.24, 2.45) is 10.9 Å². The summed E-state index contributed by atoms with van der Waals surface area (Å²) in [7, 11) is 3.08. The Balaban J connectivity index is 3.35. The summed E-state index contributed by atoms with van der Waals surface area (Å²) in [6.45, 7) is 1.89. The zero-order valence-corrected chi connectivity index (χ0v) is 8.94. The molecular weight excluding hydrogens is 196 g/mol. The Morgan fingerprint density at radius 3 is 2.33 bits per heavy atom. The molecule has 0 bridgehead atoms. The number of ether oxygens (including phenoxy) is 2. The van der Waals surface area contributed by atoms with Crippen LogP contribution >= 0.6 is 0 Å². The van der Waals surface area contributed by atoms with E-state index in [2.05, 4.69) is 5.16 Å². The summed E-state index contributed by atoms with van der Waals surface area (Å²) in [6, 6.07) is 3.44. The molecule has 0 atom stereocenters. The molecule has 0 unspecified atom stereocenters. The van der Waals surface area contributed by atoms with E-state index >= 15 is 0 Å². The maximum atomic E-state index is 8.61. The third-order valence-corrected chi connectivity index (χ3v) is 2.10. The molecule has 0 amide bonds. The predicted octanol–water partition coefficient (Wildman–Crippen LogP) is 1.11. The number of nitrogens with two attached hydrogens (primary N) is 1. The van der Waals surface area contributed by atoms with Crippen molar-refractivity contribution in [1.29, 1.82) is 0 Å². The number of methoxy groups -OCH3 is 2. The van der Waals surface area contributed by atoms with Crippen LogP contribution in [0.4, 0.5) is 0 Å². The molecule has 0 saturated carbocycles. The molecule has 0 aliphatic heterocycles. The Labute approximate surface area is 88.1 Å². The van der Waals surface area contributed by atoms with Gasteiger partial charge in [-0.25, -0.2) is 0 Å². The molecule has 0 heterocycles. The first kappa shape index (κ1) is 11.2. The Hall–Kier alpha value is -1.91. The molecule has 5 heteroatoms. The van der Waals surface area contributed by atoms with Crippen LogP contribution in [-0.4, -0.2) is 25.3 Å². The third kappa shape index (κ3) is 2.12. The van der Waals surface area contributed by atoms with Gasteiger partial charge in [-0.1, -0.05) is 5.16 Å². The second-order valence-corrected chi connectivity index (χ2v) is 3.01. The van der Waals surface area contributed by atoms with Crippen molar-refractivity contribution < 1.29 is 14.7 Å². The smallest absolute Gasteiger partial charge is 0.173 e. The van der Waals surface area contributed by atoms with Crippen molar-refractivity contribution in [1.82, 2.24) is 0 Å². The molecule has 0 saturated heterocycles. The summed E-state index contributed by atoms with van der Waals surface area (Å²) in [5.74, 6) is 1.20. The first-order valence-corrected chi connectivity index (χ1v) is 4.34. The van der Waals surface area contributed by atoms with Crippen molar-refractivity contribution in [3.05, 3.63) is 23.3 Å². The van der Waals surface area contributed by atoms with Crippen LogP contribution in [0.25, 0.3) is 0 Å². The molecule has 0 spiro atoms. The minimum absolute atomic E-state index is 0.00912. The van der Waals surface area contributed by atoms with Gasteiger partial charge in [-0.2, -0.15) is 0 Å². The summed E-state index contributed by atoms with van der Waals surface area (Å²) in [5.41, 5.74) is 6.93. The van der Waals surface area contributed by atoms with Gasteiger partial charge in [-0.15, -0.1) is 0 Å². The van der Waals surface area contributed by atoms with Crippen LogP contribution in [-0.2, 0) is 0 Å². The number of hydrogen-bond donors (Lipinski definition) is 2. The summed E-state index contributed by atoms with van der Waals surface area (Å²) in [6.07, 6.45) is 0. The molecular formula is C10H14N2O3. The Morgan fingerprint density at radius 2 is 1.87 bits per heavy atom. The van der Waals surface area contributed by atoms with Gasteiger partial charge in [0.15, 0.2) is 5.84 Å². The third-order valence-electron chi connectivity index (χ3n) is 2.10. The minimum Gasteiger partial charge on any atom is -0.496 e. The fourth-order valence-corrected chi connectivity index (χ4v) is 1.30. The largest absolute Gasteiger partial charge is 0.496 e. The minimum atomic E-state index is -0.00912. The molecule has 0 aliphatic carbocycles. The van der Waals surface area contributed by atoms with Gasteiger partial charge in [0.1, 0.15) is 11.5 Å². The van der Waals surface area contributed by atoms with Crippen molar-refractivity contribution in [2.75, 3.05) is 14.2 Å². The number of hydrogen-bond acceptors (Lipinski definition) is 4. The standard InChI is InChI=1S/C10H14N2O3/c1-6-4-9(15-3)7(10(11)12-13)5-8(6)14-2/h4-5,13H,1-3H3,(H2,11,12). The van der Waals surface area contributed by atoms with Gasteiger partial charge >= 0.3 is 0 Å². The zero-order chi connectivity index (χ0) is 11.4. The molecule has 3 N–H and O–H groups in total. The van der Waals surface area contributed by atoms with Gasteiger partial charge in [0.05, 0.1) is 19.8 Å². The van der Waals surface area contributed by atoms with E-state index in [1.54, 1.807) is 19.2 Å². The van der Waals surface area contributed by atoms with E-state index in [1.807, 2.05) is 6.92 Å². The molecule has 0 aromatic heterocycles. The van der Waals surface area contributed by atoms with E-state index in [4.69, 9.17) is 20.4 Å². The van der Waals surface area contributed by atoms with E-state index in [0.29, 0.717) is 17.1 Å². The lowest BCUT2D eigenvalue weighted by Crippen LogP contribution is -2.14. The van der Waals surface area contributed by atoms with E-state index in [1.165, 1.54) is 7.11 Å². The Morgan fingerprint density at radius 1 is 1.27 bits per heavy atom. The Bertz CT molecular complexity index is 388. The van der Waals surface area contributed by atoms with Crippen LogP contribution in [0, 0.1) is 6.92 Å². The average Bonchev–Trinajstić information content (AvgIpc) is 2.27. The molecule has 1 rings (SSSR count). The van der Waals surface area contributed by atoms with Crippen molar-refractivity contribution in [3.63, 3.8) is 0 Å². The highest BCUT2D eigenvalue weighted by atomic mass is 16.5. The van der Waals surface area contributed by atoms with Gasteiger partial charge in [0.25, 0.3) is 0 Å². The van der Waals surface area contributed by atoms with E-state index in [9.17, 15) is 0 Å². The first-order chi connectivity index (χ1) is 7.13. The number of rotatable bonds is 3. The van der Waals surface area contributed by atoms with E-state index < -0.39 is 0 Å². The van der Waals surface area contributed by atoms with Gasteiger partial charge in [0, 0.05) is 0 Å². The maximum Gasteiger partial charge on any atom is 0.173 e. The van der Waals surface area contributed by atoms with Gasteiger partial charge in [-0.3, -0.25) is 0 Å². The highest BCUT2D eigenvalue weighted by Crippen LogP contribution is 2.27. The molecule has 1 aromatic carbocycles. The quantitative estimate of drug-likeness (QED) is 0.339. The number of nitrogens with zero attached hydrogens (tertiary/aromatic N) is 1. The normalized spacial score (nSPS) is 11.3. The van der Waals surface area contributed by atoms with Crippen molar-refractivity contribution in [3.8, 4) is 11.5 Å². The second-order valence-electron chi connectivity index (χ2n) is 3.01. The molecule has 82 valence electrons. The average molecular weight is 210 g/mol. The van der Waals surface area contributed by atoms with Crippen LogP contribution < -0.4 is 15.2 Å². The van der Waals surface area contributed by atoms with Crippen LogP contribution in [0.2, 0.25) is 0 Å². The van der Waals surface area contributed by atoms with Gasteiger partial charge in [0.2, 0.25) is 0 Å². The zero-order valence-electron chi connectivity index (χ0n) is 8.94. The van der Waals surface area contributed by atoms with Crippen LogP contribution in [0.1, 0.15) is 11.1 Å². The molecule has 1 aromatic rings. The fraction of sp³-hybridized carbons (Fsp3) is 0.300. The summed E-state index contributed by atoms with van der Waals surface area (Å²) >= 11 is 0. The highest BCUT2D eigenvalue weighted by Gasteiger charge is 2.11. The predicted molar refractivity (Wildman–Crippen MR) is 56.8 cm³/mol. The number of benzene rings is 1. The SMILES string of the molecule is COc1cc(/C(N)=N/O)c(OC)cc1C. The van der Waals surface area contributed by atoms with E-state index in [-0.39, 0.29) is 5.84 Å². The summed E-state index contributed by atoms with van der Waals surface area (Å²) in [5, 5.41) is 11.5. The van der Waals surface area contributed by atoms with Crippen molar-refractivity contribution in [2.45, 2.75) is 6.92 Å². The van der Waals surface area contributed by atoms with Crippen molar-refractivity contribution >= 4 is 5.84 Å². The number of aryl methyl sites for hydroxylation is 1. The molecule has 0 radical (unpaired) electrons. The highest BCUT2D eigenvalue weighted by molar-refractivity contribution is 6.00. The van der Waals surface area contributed by atoms with Gasteiger partial charge in [-0.05, 0) is 24.6 Å². The maximum absolute atomic E-state index is 8.61. The topological polar surface area (TPSA) is 77.1 Å². The van der Waals surface area contributed by atoms with E-state index in [0.717, 1.165) is 5.56 Å². The second kappa shape index (κ2) is 4.54. The van der Waals surface area contributed by atoms with Crippen LogP contribution in [0.3, 0.4) is 0 Å². The molecule has 0 fully saturated rings. The molecule has 15 heavy (non-hydrogen) atoms. The monoisotopic (exact) mass is 210 g/mol. The summed E-state index contributed by atoms with van der Waals surface area (Å²) < 4.78 is 10.3. The summed E-state index contributed by atoms with van der Waals surface area (Å²) in [4.78, 5) is 0. The van der Waals surface area contributed by atoms with Gasteiger partial charge < -0.3 is 20.4 Å². The van der Waals surface area contributed by atoms with Crippen LogP contribution in [0.15, 0.2) is 17.3 Å². The first-order valence-electron chi connectivity index (χ1n) is 4.34. The Kier molecular flexibility index (Phi) is 3.38. The lowest BCUT2D eigenvalue weighted by molar-refractivity contribution is 0.318. The molecule has 0 aliphatic rings. The number of amidine groups is 1. The lowest BCUT2D eigenvalue weighted by atomic mass is 10.1. The number of oxime groups is 1. The fourth-order valence-electron chi connectivity index (χ4n) is 1.30.